The monoisotopic (exact) mass is 318 g/mol. The minimum atomic E-state index is -2.96. The zero-order chi connectivity index (χ0) is 12.9. The standard InChI is InChI=1S/C12H15BrO3S/c1-17(15,16)7-3-6-12(14)9-10-4-2-5-11(13)8-10/h2,4-5,8H,3,6-7,9H2,1H3. The molecule has 0 radical (unpaired) electrons. The van der Waals surface area contributed by atoms with Gasteiger partial charge in [-0.1, -0.05) is 28.1 Å². The molecule has 5 heteroatoms. The number of ketones is 1. The summed E-state index contributed by atoms with van der Waals surface area (Å²) in [7, 11) is -2.96. The Morgan fingerprint density at radius 3 is 2.65 bits per heavy atom. The zero-order valence-corrected chi connectivity index (χ0v) is 12.1. The van der Waals surface area contributed by atoms with Crippen molar-refractivity contribution in [2.45, 2.75) is 19.3 Å². The average molecular weight is 319 g/mol. The van der Waals surface area contributed by atoms with Gasteiger partial charge in [-0.05, 0) is 24.1 Å². The molecule has 0 unspecified atom stereocenters. The number of sulfone groups is 1. The molecular weight excluding hydrogens is 304 g/mol. The maximum Gasteiger partial charge on any atom is 0.147 e. The predicted molar refractivity (Wildman–Crippen MR) is 71.8 cm³/mol. The lowest BCUT2D eigenvalue weighted by Gasteiger charge is -2.02. The summed E-state index contributed by atoms with van der Waals surface area (Å²) in [4.78, 5) is 11.6. The Balaban J connectivity index is 2.40. The lowest BCUT2D eigenvalue weighted by molar-refractivity contribution is -0.118. The first-order valence-corrected chi connectivity index (χ1v) is 8.16. The van der Waals surface area contributed by atoms with Crippen molar-refractivity contribution in [2.24, 2.45) is 0 Å². The van der Waals surface area contributed by atoms with Crippen LogP contribution in [0.3, 0.4) is 0 Å². The van der Waals surface area contributed by atoms with E-state index in [0.717, 1.165) is 10.0 Å². The van der Waals surface area contributed by atoms with Crippen LogP contribution >= 0.6 is 15.9 Å². The summed E-state index contributed by atoms with van der Waals surface area (Å²) in [6.45, 7) is 0. The van der Waals surface area contributed by atoms with Crippen molar-refractivity contribution in [2.75, 3.05) is 12.0 Å². The van der Waals surface area contributed by atoms with Gasteiger partial charge in [0.2, 0.25) is 0 Å². The summed E-state index contributed by atoms with van der Waals surface area (Å²) in [6.07, 6.45) is 2.28. The molecule has 1 aromatic carbocycles. The summed E-state index contributed by atoms with van der Waals surface area (Å²) >= 11 is 3.34. The Morgan fingerprint density at radius 2 is 2.06 bits per heavy atom. The third-order valence-electron chi connectivity index (χ3n) is 2.26. The molecule has 3 nitrogen and oxygen atoms in total. The minimum absolute atomic E-state index is 0.0757. The summed E-state index contributed by atoms with van der Waals surface area (Å²) in [5.41, 5.74) is 0.948. The van der Waals surface area contributed by atoms with Crippen molar-refractivity contribution >= 4 is 31.6 Å². The van der Waals surface area contributed by atoms with E-state index in [1.165, 1.54) is 6.26 Å². The highest BCUT2D eigenvalue weighted by Crippen LogP contribution is 2.13. The maximum absolute atomic E-state index is 11.6. The summed E-state index contributed by atoms with van der Waals surface area (Å²) in [5.74, 6) is 0.156. The number of hydrogen-bond donors (Lipinski definition) is 0. The molecule has 0 aliphatic carbocycles. The van der Waals surface area contributed by atoms with E-state index in [2.05, 4.69) is 15.9 Å². The average Bonchev–Trinajstić information content (AvgIpc) is 2.15. The van der Waals surface area contributed by atoms with Crippen molar-refractivity contribution in [3.63, 3.8) is 0 Å². The highest BCUT2D eigenvalue weighted by Gasteiger charge is 2.07. The molecule has 94 valence electrons. The van der Waals surface area contributed by atoms with E-state index < -0.39 is 9.84 Å². The second-order valence-corrected chi connectivity index (χ2v) is 7.25. The Bertz CT molecular complexity index is 494. The van der Waals surface area contributed by atoms with E-state index in [1.54, 1.807) is 0 Å². The molecule has 0 atom stereocenters. The van der Waals surface area contributed by atoms with Gasteiger partial charge in [0.05, 0.1) is 5.75 Å². The minimum Gasteiger partial charge on any atom is -0.299 e. The number of benzene rings is 1. The van der Waals surface area contributed by atoms with Crippen LogP contribution in [0, 0.1) is 0 Å². The van der Waals surface area contributed by atoms with Crippen LogP contribution in [-0.4, -0.2) is 26.2 Å². The van der Waals surface area contributed by atoms with Gasteiger partial charge in [0.1, 0.15) is 15.6 Å². The van der Waals surface area contributed by atoms with Gasteiger partial charge in [-0.3, -0.25) is 4.79 Å². The smallest absolute Gasteiger partial charge is 0.147 e. The van der Waals surface area contributed by atoms with Gasteiger partial charge >= 0.3 is 0 Å². The number of Topliss-reactive ketones (excluding diaryl/α,β-unsaturated/α-hetero) is 1. The predicted octanol–water partition coefficient (Wildman–Crippen LogP) is 2.39. The van der Waals surface area contributed by atoms with Crippen LogP contribution in [0.1, 0.15) is 18.4 Å². The quantitative estimate of drug-likeness (QED) is 0.809. The largest absolute Gasteiger partial charge is 0.299 e. The topological polar surface area (TPSA) is 51.2 Å². The van der Waals surface area contributed by atoms with Gasteiger partial charge < -0.3 is 0 Å². The first-order chi connectivity index (χ1) is 7.87. The molecule has 0 fully saturated rings. The van der Waals surface area contributed by atoms with E-state index in [0.29, 0.717) is 19.3 Å². The molecule has 0 saturated heterocycles. The lowest BCUT2D eigenvalue weighted by atomic mass is 10.1. The van der Waals surface area contributed by atoms with Gasteiger partial charge in [-0.25, -0.2) is 8.42 Å². The second-order valence-electron chi connectivity index (χ2n) is 4.08. The van der Waals surface area contributed by atoms with Crippen LogP contribution in [0.25, 0.3) is 0 Å². The lowest BCUT2D eigenvalue weighted by Crippen LogP contribution is -2.08. The highest BCUT2D eigenvalue weighted by atomic mass is 79.9. The van der Waals surface area contributed by atoms with E-state index in [-0.39, 0.29) is 11.5 Å². The SMILES string of the molecule is CS(=O)(=O)CCCC(=O)Cc1cccc(Br)c1. The van der Waals surface area contributed by atoms with Crippen molar-refractivity contribution in [1.82, 2.24) is 0 Å². The molecular formula is C12H15BrO3S. The van der Waals surface area contributed by atoms with E-state index in [1.807, 2.05) is 24.3 Å². The van der Waals surface area contributed by atoms with Crippen LogP contribution in [0.5, 0.6) is 0 Å². The van der Waals surface area contributed by atoms with Crippen LogP contribution < -0.4 is 0 Å². The molecule has 1 rings (SSSR count). The fraction of sp³-hybridized carbons (Fsp3) is 0.417. The molecule has 0 heterocycles. The first kappa shape index (κ1) is 14.4. The van der Waals surface area contributed by atoms with Crippen molar-refractivity contribution in [3.8, 4) is 0 Å². The second kappa shape index (κ2) is 6.31. The fourth-order valence-electron chi connectivity index (χ4n) is 1.49. The summed E-state index contributed by atoms with van der Waals surface area (Å²) < 4.78 is 22.7. The Hall–Kier alpha value is -0.680. The maximum atomic E-state index is 11.6. The van der Waals surface area contributed by atoms with Crippen LogP contribution in [0.15, 0.2) is 28.7 Å². The van der Waals surface area contributed by atoms with E-state index in [9.17, 15) is 13.2 Å². The van der Waals surface area contributed by atoms with Crippen LogP contribution in [0.4, 0.5) is 0 Å². The van der Waals surface area contributed by atoms with Crippen molar-refractivity contribution < 1.29 is 13.2 Å². The molecule has 0 spiro atoms. The van der Waals surface area contributed by atoms with Crippen LogP contribution in [0.2, 0.25) is 0 Å². The number of carbonyl (C=O) groups excluding carboxylic acids is 1. The Kier molecular flexibility index (Phi) is 5.33. The van der Waals surface area contributed by atoms with E-state index in [4.69, 9.17) is 0 Å². The van der Waals surface area contributed by atoms with Gasteiger partial charge in [0.25, 0.3) is 0 Å². The van der Waals surface area contributed by atoms with Gasteiger partial charge in [-0.2, -0.15) is 0 Å². The van der Waals surface area contributed by atoms with Crippen molar-refractivity contribution in [1.29, 1.82) is 0 Å². The van der Waals surface area contributed by atoms with Crippen molar-refractivity contribution in [3.05, 3.63) is 34.3 Å². The molecule has 0 N–H and O–H groups in total. The van der Waals surface area contributed by atoms with Gasteiger partial charge in [-0.15, -0.1) is 0 Å². The molecule has 0 amide bonds. The number of halogens is 1. The zero-order valence-electron chi connectivity index (χ0n) is 9.65. The van der Waals surface area contributed by atoms with Crippen LogP contribution in [-0.2, 0) is 21.1 Å². The first-order valence-electron chi connectivity index (χ1n) is 5.31. The Morgan fingerprint density at radius 1 is 1.35 bits per heavy atom. The third-order valence-corrected chi connectivity index (χ3v) is 3.78. The molecule has 1 aromatic rings. The third kappa shape index (κ3) is 6.58. The highest BCUT2D eigenvalue weighted by molar-refractivity contribution is 9.10. The summed E-state index contributed by atoms with van der Waals surface area (Å²) in [6, 6.07) is 7.56. The number of hydrogen-bond acceptors (Lipinski definition) is 3. The molecule has 0 aliphatic heterocycles. The normalized spacial score (nSPS) is 11.4. The molecule has 17 heavy (non-hydrogen) atoms. The number of rotatable bonds is 6. The Labute approximate surface area is 110 Å². The molecule has 0 aromatic heterocycles. The molecule has 0 saturated carbocycles. The van der Waals surface area contributed by atoms with E-state index >= 15 is 0 Å². The van der Waals surface area contributed by atoms with Gasteiger partial charge in [0.15, 0.2) is 0 Å². The summed E-state index contributed by atoms with van der Waals surface area (Å²) in [5, 5.41) is 0. The fourth-order valence-corrected chi connectivity index (χ4v) is 2.61. The molecule has 0 aliphatic rings. The van der Waals surface area contributed by atoms with Gasteiger partial charge in [0, 0.05) is 23.6 Å². The molecule has 0 bridgehead atoms. The number of carbonyl (C=O) groups is 1.